The van der Waals surface area contributed by atoms with Gasteiger partial charge in [0.2, 0.25) is 0 Å². The highest BCUT2D eigenvalue weighted by molar-refractivity contribution is 5.03. The maximum Gasteiger partial charge on any atom is 0.150 e. The Morgan fingerprint density at radius 2 is 2.31 bits per heavy atom. The van der Waals surface area contributed by atoms with Crippen LogP contribution in [0.3, 0.4) is 0 Å². The number of aryl methyl sites for hydroxylation is 1. The van der Waals surface area contributed by atoms with Crippen molar-refractivity contribution in [1.29, 1.82) is 0 Å². The number of nitrogens with one attached hydrogen (secondary N) is 1. The summed E-state index contributed by atoms with van der Waals surface area (Å²) in [5.74, 6) is 0.990. The molecule has 88 valence electrons. The van der Waals surface area contributed by atoms with Crippen LogP contribution in [0.4, 0.5) is 0 Å². The first-order chi connectivity index (χ1) is 7.79. The van der Waals surface area contributed by atoms with Gasteiger partial charge in [-0.25, -0.2) is 0 Å². The molecule has 16 heavy (non-hydrogen) atoms. The van der Waals surface area contributed by atoms with Gasteiger partial charge in [-0.1, -0.05) is 5.16 Å². The molecule has 0 bridgehead atoms. The molecule has 3 rings (SSSR count). The highest BCUT2D eigenvalue weighted by Crippen LogP contribution is 2.22. The summed E-state index contributed by atoms with van der Waals surface area (Å²) in [7, 11) is 0. The van der Waals surface area contributed by atoms with E-state index in [1.807, 2.05) is 13.0 Å². The summed E-state index contributed by atoms with van der Waals surface area (Å²) in [6, 6.07) is 3.54. The third-order valence-corrected chi connectivity index (χ3v) is 3.38. The molecular weight excluding hydrogens is 202 g/mol. The molecular formula is C12H19N3O. The van der Waals surface area contributed by atoms with Crippen molar-refractivity contribution < 1.29 is 4.52 Å². The summed E-state index contributed by atoms with van der Waals surface area (Å²) < 4.78 is 5.24. The van der Waals surface area contributed by atoms with E-state index in [0.29, 0.717) is 6.04 Å². The second-order valence-corrected chi connectivity index (χ2v) is 5.10. The summed E-state index contributed by atoms with van der Waals surface area (Å²) in [5.41, 5.74) is 0.974. The summed E-state index contributed by atoms with van der Waals surface area (Å²) in [5, 5.41) is 7.60. The van der Waals surface area contributed by atoms with Gasteiger partial charge in [0.25, 0.3) is 0 Å². The smallest absolute Gasteiger partial charge is 0.150 e. The van der Waals surface area contributed by atoms with Crippen molar-refractivity contribution in [3.63, 3.8) is 0 Å². The van der Waals surface area contributed by atoms with Gasteiger partial charge >= 0.3 is 0 Å². The lowest BCUT2D eigenvalue weighted by atomic mass is 10.2. The van der Waals surface area contributed by atoms with Crippen molar-refractivity contribution in [2.75, 3.05) is 13.1 Å². The van der Waals surface area contributed by atoms with Crippen molar-refractivity contribution in [2.45, 2.75) is 44.8 Å². The monoisotopic (exact) mass is 221 g/mol. The van der Waals surface area contributed by atoms with Gasteiger partial charge in [0.1, 0.15) is 0 Å². The molecule has 1 N–H and O–H groups in total. The van der Waals surface area contributed by atoms with Crippen LogP contribution in [-0.2, 0) is 6.54 Å². The maximum atomic E-state index is 5.24. The molecule has 4 heteroatoms. The lowest BCUT2D eigenvalue weighted by molar-refractivity contribution is 0.267. The van der Waals surface area contributed by atoms with E-state index in [1.165, 1.54) is 25.8 Å². The minimum absolute atomic E-state index is 0.691. The Labute approximate surface area is 96.0 Å². The summed E-state index contributed by atoms with van der Waals surface area (Å²) >= 11 is 0. The van der Waals surface area contributed by atoms with Gasteiger partial charge in [-0.2, -0.15) is 0 Å². The number of aromatic nitrogens is 1. The molecule has 0 spiro atoms. The lowest BCUT2D eigenvalue weighted by Crippen LogP contribution is -2.33. The molecule has 1 saturated heterocycles. The molecule has 1 unspecified atom stereocenters. The minimum Gasteiger partial charge on any atom is -0.360 e. The molecule has 4 nitrogen and oxygen atoms in total. The van der Waals surface area contributed by atoms with Crippen LogP contribution >= 0.6 is 0 Å². The van der Waals surface area contributed by atoms with E-state index in [9.17, 15) is 0 Å². The fraction of sp³-hybridized carbons (Fsp3) is 0.750. The number of rotatable bonds is 4. The van der Waals surface area contributed by atoms with Gasteiger partial charge in [-0.3, -0.25) is 4.90 Å². The molecule has 2 fully saturated rings. The van der Waals surface area contributed by atoms with Crippen LogP contribution in [-0.4, -0.2) is 35.2 Å². The highest BCUT2D eigenvalue weighted by Gasteiger charge is 2.29. The fourth-order valence-electron chi connectivity index (χ4n) is 2.41. The topological polar surface area (TPSA) is 41.3 Å². The fourth-order valence-corrected chi connectivity index (χ4v) is 2.41. The Morgan fingerprint density at radius 3 is 3.00 bits per heavy atom. The zero-order valence-electron chi connectivity index (χ0n) is 9.78. The van der Waals surface area contributed by atoms with Gasteiger partial charge in [0.05, 0.1) is 12.2 Å². The van der Waals surface area contributed by atoms with E-state index in [-0.39, 0.29) is 0 Å². The number of hydrogen-bond donors (Lipinski definition) is 1. The predicted octanol–water partition coefficient (Wildman–Crippen LogP) is 1.31. The van der Waals surface area contributed by atoms with Crippen molar-refractivity contribution in [3.8, 4) is 0 Å². The zero-order valence-corrected chi connectivity index (χ0v) is 9.78. The number of likely N-dealkylation sites (tertiary alicyclic amines) is 1. The van der Waals surface area contributed by atoms with Crippen LogP contribution in [0.1, 0.15) is 30.7 Å². The Balaban J connectivity index is 1.49. The molecule has 1 atom stereocenters. The van der Waals surface area contributed by atoms with E-state index < -0.39 is 0 Å². The van der Waals surface area contributed by atoms with Gasteiger partial charge in [-0.05, 0) is 26.2 Å². The second kappa shape index (κ2) is 4.18. The van der Waals surface area contributed by atoms with Gasteiger partial charge < -0.3 is 9.84 Å². The van der Waals surface area contributed by atoms with E-state index in [0.717, 1.165) is 30.6 Å². The van der Waals surface area contributed by atoms with Crippen LogP contribution < -0.4 is 5.32 Å². The first-order valence-corrected chi connectivity index (χ1v) is 6.20. The van der Waals surface area contributed by atoms with Crippen LogP contribution in [0, 0.1) is 6.92 Å². The minimum atomic E-state index is 0.691. The second-order valence-electron chi connectivity index (χ2n) is 5.10. The lowest BCUT2D eigenvalue weighted by Gasteiger charge is -2.14. The van der Waals surface area contributed by atoms with Gasteiger partial charge in [-0.15, -0.1) is 0 Å². The first-order valence-electron chi connectivity index (χ1n) is 6.20. The summed E-state index contributed by atoms with van der Waals surface area (Å²) in [6.45, 7) is 5.19. The summed E-state index contributed by atoms with van der Waals surface area (Å²) in [4.78, 5) is 2.44. The van der Waals surface area contributed by atoms with Crippen LogP contribution in [0.5, 0.6) is 0 Å². The van der Waals surface area contributed by atoms with E-state index in [4.69, 9.17) is 4.52 Å². The van der Waals surface area contributed by atoms with Crippen molar-refractivity contribution in [1.82, 2.24) is 15.4 Å². The van der Waals surface area contributed by atoms with Gasteiger partial charge in [0.15, 0.2) is 5.76 Å². The Kier molecular flexibility index (Phi) is 2.69. The SMILES string of the molecule is Cc1cc(CN2CCC(NC3CC3)C2)on1. The van der Waals surface area contributed by atoms with Crippen LogP contribution in [0.2, 0.25) is 0 Å². The quantitative estimate of drug-likeness (QED) is 0.832. The molecule has 0 amide bonds. The molecule has 2 aliphatic rings. The van der Waals surface area contributed by atoms with E-state index in [1.54, 1.807) is 0 Å². The third-order valence-electron chi connectivity index (χ3n) is 3.38. The molecule has 1 aromatic rings. The summed E-state index contributed by atoms with van der Waals surface area (Å²) in [6.07, 6.45) is 4.01. The Morgan fingerprint density at radius 1 is 1.44 bits per heavy atom. The van der Waals surface area contributed by atoms with Crippen molar-refractivity contribution in [3.05, 3.63) is 17.5 Å². The average molecular weight is 221 g/mol. The molecule has 2 heterocycles. The third kappa shape index (κ3) is 2.44. The normalized spacial score (nSPS) is 26.4. The highest BCUT2D eigenvalue weighted by atomic mass is 16.5. The maximum absolute atomic E-state index is 5.24. The molecule has 1 aromatic heterocycles. The molecule has 1 aliphatic heterocycles. The van der Waals surface area contributed by atoms with Crippen LogP contribution in [0.25, 0.3) is 0 Å². The Hall–Kier alpha value is -0.870. The first kappa shape index (κ1) is 10.3. The van der Waals surface area contributed by atoms with E-state index in [2.05, 4.69) is 15.4 Å². The zero-order chi connectivity index (χ0) is 11.0. The van der Waals surface area contributed by atoms with Crippen molar-refractivity contribution in [2.24, 2.45) is 0 Å². The molecule has 1 aliphatic carbocycles. The molecule has 0 radical (unpaired) electrons. The molecule has 1 saturated carbocycles. The largest absolute Gasteiger partial charge is 0.360 e. The van der Waals surface area contributed by atoms with Gasteiger partial charge in [0, 0.05) is 31.2 Å². The Bertz CT molecular complexity index is 359. The van der Waals surface area contributed by atoms with Crippen molar-refractivity contribution >= 4 is 0 Å². The van der Waals surface area contributed by atoms with Crippen LogP contribution in [0.15, 0.2) is 10.6 Å². The predicted molar refractivity (Wildman–Crippen MR) is 61.1 cm³/mol. The molecule has 0 aromatic carbocycles. The standard InChI is InChI=1S/C12H19N3O/c1-9-6-12(16-14-9)8-15-5-4-11(7-15)13-10-2-3-10/h6,10-11,13H,2-5,7-8H2,1H3. The average Bonchev–Trinajstić information content (AvgIpc) is 2.80. The number of hydrogen-bond acceptors (Lipinski definition) is 4. The number of nitrogens with zero attached hydrogens (tertiary/aromatic N) is 2. The van der Waals surface area contributed by atoms with E-state index >= 15 is 0 Å².